The minimum atomic E-state index is -3.22. The number of hydrogen-bond acceptors (Lipinski definition) is 6. The van der Waals surface area contributed by atoms with E-state index in [1.807, 2.05) is 6.92 Å². The summed E-state index contributed by atoms with van der Waals surface area (Å²) in [5, 5.41) is -0.378. The van der Waals surface area contributed by atoms with Crippen molar-refractivity contribution in [2.75, 3.05) is 24.7 Å². The van der Waals surface area contributed by atoms with Gasteiger partial charge in [-0.15, -0.1) is 0 Å². The van der Waals surface area contributed by atoms with Crippen molar-refractivity contribution < 1.29 is 13.2 Å². The van der Waals surface area contributed by atoms with Crippen LogP contribution in [0.5, 0.6) is 0 Å². The van der Waals surface area contributed by atoms with E-state index in [0.717, 1.165) is 0 Å². The molecule has 0 unspecified atom stereocenters. The Hall–Kier alpha value is -0.920. The Labute approximate surface area is 130 Å². The van der Waals surface area contributed by atoms with Crippen molar-refractivity contribution in [2.45, 2.75) is 37.8 Å². The Morgan fingerprint density at radius 3 is 2.81 bits per heavy atom. The van der Waals surface area contributed by atoms with Crippen LogP contribution in [0.1, 0.15) is 26.5 Å². The van der Waals surface area contributed by atoms with Gasteiger partial charge in [0, 0.05) is 12.6 Å². The summed E-state index contributed by atoms with van der Waals surface area (Å²) >= 11 is 5.95. The fraction of sp³-hybridized carbons (Fsp3) is 0.692. The monoisotopic (exact) mass is 333 g/mol. The van der Waals surface area contributed by atoms with Crippen molar-refractivity contribution in [1.82, 2.24) is 9.97 Å². The summed E-state index contributed by atoms with van der Waals surface area (Å²) in [4.78, 5) is 10.3. The normalized spacial score (nSPS) is 20.0. The minimum Gasteiger partial charge on any atom is -0.377 e. The van der Waals surface area contributed by atoms with Crippen molar-refractivity contribution in [1.29, 1.82) is 0 Å². The van der Waals surface area contributed by atoms with E-state index >= 15 is 0 Å². The molecule has 1 fully saturated rings. The molecule has 0 aromatic carbocycles. The highest BCUT2D eigenvalue weighted by Crippen LogP contribution is 2.21. The van der Waals surface area contributed by atoms with Crippen LogP contribution in [-0.4, -0.2) is 49.4 Å². The first-order valence-corrected chi connectivity index (χ1v) is 8.98. The Morgan fingerprint density at radius 1 is 1.48 bits per heavy atom. The van der Waals surface area contributed by atoms with E-state index in [2.05, 4.69) is 14.9 Å². The van der Waals surface area contributed by atoms with Crippen molar-refractivity contribution in [3.8, 4) is 0 Å². The predicted octanol–water partition coefficient (Wildman–Crippen LogP) is 1.68. The molecule has 21 heavy (non-hydrogen) atoms. The van der Waals surface area contributed by atoms with E-state index in [-0.39, 0.29) is 17.1 Å². The molecule has 1 saturated heterocycles. The Morgan fingerprint density at radius 2 is 2.19 bits per heavy atom. The first-order chi connectivity index (χ1) is 9.79. The number of rotatable bonds is 4. The molecule has 0 spiro atoms. The highest BCUT2D eigenvalue weighted by molar-refractivity contribution is 7.91. The van der Waals surface area contributed by atoms with Crippen LogP contribution in [-0.2, 0) is 20.3 Å². The van der Waals surface area contributed by atoms with Crippen LogP contribution in [0, 0.1) is 0 Å². The quantitative estimate of drug-likeness (QED) is 0.781. The number of morpholine rings is 1. The maximum atomic E-state index is 12.0. The molecule has 6 nitrogen and oxygen atoms in total. The Balaban J connectivity index is 2.29. The number of aromatic nitrogens is 2. The molecule has 1 aromatic rings. The van der Waals surface area contributed by atoms with E-state index < -0.39 is 15.1 Å². The number of halogens is 1. The summed E-state index contributed by atoms with van der Waals surface area (Å²) in [7, 11) is -3.22. The largest absolute Gasteiger partial charge is 0.377 e. The van der Waals surface area contributed by atoms with E-state index in [9.17, 15) is 8.42 Å². The molecular formula is C13H20ClN3O3S. The summed E-state index contributed by atoms with van der Waals surface area (Å²) in [6.07, 6.45) is 0. The molecule has 1 aliphatic heterocycles. The summed E-state index contributed by atoms with van der Waals surface area (Å²) in [5.74, 6) is 0.526. The second kappa shape index (κ2) is 6.46. The lowest BCUT2D eigenvalue weighted by molar-refractivity contribution is 0.0985. The third-order valence-corrected chi connectivity index (χ3v) is 5.77. The Kier molecular flexibility index (Phi) is 5.06. The van der Waals surface area contributed by atoms with Crippen molar-refractivity contribution in [3.63, 3.8) is 0 Å². The molecule has 8 heteroatoms. The lowest BCUT2D eigenvalue weighted by Gasteiger charge is -2.34. The number of anilines is 1. The zero-order chi connectivity index (χ0) is 15.6. The van der Waals surface area contributed by atoms with Gasteiger partial charge in [0.15, 0.2) is 9.84 Å². The first kappa shape index (κ1) is 16.5. The second-order valence-electron chi connectivity index (χ2n) is 5.46. The van der Waals surface area contributed by atoms with Gasteiger partial charge in [0.25, 0.3) is 0 Å². The van der Waals surface area contributed by atoms with Gasteiger partial charge in [0.05, 0.1) is 36.0 Å². The van der Waals surface area contributed by atoms with Gasteiger partial charge in [-0.05, 0) is 32.4 Å². The van der Waals surface area contributed by atoms with Gasteiger partial charge in [-0.25, -0.2) is 18.4 Å². The van der Waals surface area contributed by atoms with Crippen molar-refractivity contribution >= 4 is 27.3 Å². The lowest BCUT2D eigenvalue weighted by atomic mass is 10.2. The summed E-state index contributed by atoms with van der Waals surface area (Å²) in [5.41, 5.74) is 0.428. The van der Waals surface area contributed by atoms with Gasteiger partial charge in [-0.2, -0.15) is 0 Å². The average molecular weight is 334 g/mol. The number of sulfone groups is 1. The SMILES string of the molecule is CC(C)S(=O)(=O)Cc1cc(N2CCOC[C@@H]2C)nc(Cl)n1. The fourth-order valence-corrected chi connectivity index (χ4v) is 3.20. The van der Waals surface area contributed by atoms with Crippen LogP contribution in [0.15, 0.2) is 6.07 Å². The van der Waals surface area contributed by atoms with E-state index in [1.54, 1.807) is 19.9 Å². The maximum absolute atomic E-state index is 12.0. The molecule has 0 saturated carbocycles. The summed E-state index contributed by atoms with van der Waals surface area (Å²) in [6.45, 7) is 7.27. The molecule has 0 aliphatic carbocycles. The molecule has 1 atom stereocenters. The fourth-order valence-electron chi connectivity index (χ4n) is 2.11. The van der Waals surface area contributed by atoms with Crippen LogP contribution in [0.2, 0.25) is 5.28 Å². The summed E-state index contributed by atoms with van der Waals surface area (Å²) in [6, 6.07) is 1.87. The number of ether oxygens (including phenoxy) is 1. The van der Waals surface area contributed by atoms with Gasteiger partial charge in [0.1, 0.15) is 5.82 Å². The molecule has 1 aromatic heterocycles. The maximum Gasteiger partial charge on any atom is 0.224 e. The van der Waals surface area contributed by atoms with Crippen LogP contribution >= 0.6 is 11.6 Å². The van der Waals surface area contributed by atoms with Crippen molar-refractivity contribution in [3.05, 3.63) is 17.0 Å². The topological polar surface area (TPSA) is 72.4 Å². The van der Waals surface area contributed by atoms with Crippen molar-refractivity contribution in [2.24, 2.45) is 0 Å². The van der Waals surface area contributed by atoms with Gasteiger partial charge in [-0.3, -0.25) is 0 Å². The smallest absolute Gasteiger partial charge is 0.224 e. The highest BCUT2D eigenvalue weighted by Gasteiger charge is 2.23. The van der Waals surface area contributed by atoms with E-state index in [4.69, 9.17) is 16.3 Å². The minimum absolute atomic E-state index is 0.0696. The van der Waals surface area contributed by atoms with Crippen LogP contribution in [0.25, 0.3) is 0 Å². The first-order valence-electron chi connectivity index (χ1n) is 6.89. The number of nitrogens with zero attached hydrogens (tertiary/aromatic N) is 3. The Bertz CT molecular complexity index is 607. The third-order valence-electron chi connectivity index (χ3n) is 3.47. The van der Waals surface area contributed by atoms with E-state index in [1.165, 1.54) is 0 Å². The molecule has 118 valence electrons. The van der Waals surface area contributed by atoms with Crippen LogP contribution < -0.4 is 4.90 Å². The second-order valence-corrected chi connectivity index (χ2v) is 8.36. The molecule has 0 amide bonds. The van der Waals surface area contributed by atoms with E-state index in [0.29, 0.717) is 31.3 Å². The van der Waals surface area contributed by atoms with Crippen LogP contribution in [0.4, 0.5) is 5.82 Å². The zero-order valence-corrected chi connectivity index (χ0v) is 14.0. The third kappa shape index (κ3) is 4.05. The molecule has 0 bridgehead atoms. The zero-order valence-electron chi connectivity index (χ0n) is 12.4. The average Bonchev–Trinajstić information content (AvgIpc) is 2.37. The lowest BCUT2D eigenvalue weighted by Crippen LogP contribution is -2.44. The molecule has 0 N–H and O–H groups in total. The summed E-state index contributed by atoms with van der Waals surface area (Å²) < 4.78 is 29.4. The molecule has 2 heterocycles. The van der Waals surface area contributed by atoms with Gasteiger partial charge < -0.3 is 9.64 Å². The van der Waals surface area contributed by atoms with Gasteiger partial charge in [-0.1, -0.05) is 0 Å². The molecular weight excluding hydrogens is 314 g/mol. The van der Waals surface area contributed by atoms with Crippen LogP contribution in [0.3, 0.4) is 0 Å². The molecule has 0 radical (unpaired) electrons. The number of hydrogen-bond donors (Lipinski definition) is 0. The molecule has 2 rings (SSSR count). The van der Waals surface area contributed by atoms with Gasteiger partial charge >= 0.3 is 0 Å². The molecule has 1 aliphatic rings. The highest BCUT2D eigenvalue weighted by atomic mass is 35.5. The predicted molar refractivity (Wildman–Crippen MR) is 82.4 cm³/mol. The van der Waals surface area contributed by atoms with Gasteiger partial charge in [0.2, 0.25) is 5.28 Å². The standard InChI is InChI=1S/C13H20ClN3O3S/c1-9(2)21(18,19)8-11-6-12(16-13(14)15-11)17-4-5-20-7-10(17)3/h6,9-10H,4-5,7-8H2,1-3H3/t10-/m0/s1.